The molecule has 0 aliphatic heterocycles. The van der Waals surface area contributed by atoms with Gasteiger partial charge in [0.2, 0.25) is 0 Å². The van der Waals surface area contributed by atoms with Crippen molar-refractivity contribution in [2.24, 2.45) is 0 Å². The van der Waals surface area contributed by atoms with Crippen LogP contribution in [-0.4, -0.2) is 26.5 Å². The Morgan fingerprint density at radius 3 is 1.76 bits per heavy atom. The number of aromatic amines is 1. The van der Waals surface area contributed by atoms with Crippen LogP contribution in [0.1, 0.15) is 47.6 Å². The van der Waals surface area contributed by atoms with Gasteiger partial charge in [0, 0.05) is 18.1 Å². The van der Waals surface area contributed by atoms with Gasteiger partial charge in [-0.1, -0.05) is 0 Å². The van der Waals surface area contributed by atoms with Crippen LogP contribution in [-0.2, 0) is 0 Å². The van der Waals surface area contributed by atoms with Gasteiger partial charge in [-0.25, -0.2) is 19.4 Å². The Morgan fingerprint density at radius 1 is 1.00 bits per heavy atom. The SMILES string of the molecule is CC(C)N(C(C)C)n1c(=O)[nH]n(C(C)C)c1=O. The molecule has 0 amide bonds. The monoisotopic (exact) mass is 242 g/mol. The Bertz CT molecular complexity index is 470. The molecule has 1 rings (SSSR count). The van der Waals surface area contributed by atoms with Crippen molar-refractivity contribution in [2.75, 3.05) is 5.01 Å². The fourth-order valence-corrected chi connectivity index (χ4v) is 2.00. The van der Waals surface area contributed by atoms with Crippen molar-refractivity contribution in [3.8, 4) is 0 Å². The van der Waals surface area contributed by atoms with Gasteiger partial charge in [-0.3, -0.25) is 5.01 Å². The maximum Gasteiger partial charge on any atom is 0.366 e. The first-order valence-corrected chi connectivity index (χ1v) is 5.99. The number of hydrogen-bond donors (Lipinski definition) is 1. The molecule has 1 heterocycles. The molecule has 98 valence electrons. The molecule has 0 aliphatic carbocycles. The van der Waals surface area contributed by atoms with E-state index in [1.807, 2.05) is 41.5 Å². The molecule has 0 saturated carbocycles. The van der Waals surface area contributed by atoms with Gasteiger partial charge in [0.05, 0.1) is 0 Å². The topological polar surface area (TPSA) is 63.0 Å². The van der Waals surface area contributed by atoms with E-state index in [1.165, 1.54) is 9.36 Å². The molecule has 6 heteroatoms. The summed E-state index contributed by atoms with van der Waals surface area (Å²) in [6.45, 7) is 11.5. The average Bonchev–Trinajstić information content (AvgIpc) is 2.44. The van der Waals surface area contributed by atoms with Crippen molar-refractivity contribution < 1.29 is 0 Å². The molecule has 0 saturated heterocycles. The van der Waals surface area contributed by atoms with E-state index in [9.17, 15) is 9.59 Å². The van der Waals surface area contributed by atoms with Gasteiger partial charge in [0.1, 0.15) is 0 Å². The van der Waals surface area contributed by atoms with Gasteiger partial charge in [-0.15, -0.1) is 0 Å². The highest BCUT2D eigenvalue weighted by atomic mass is 16.2. The number of nitrogens with zero attached hydrogens (tertiary/aromatic N) is 3. The fraction of sp³-hybridized carbons (Fsp3) is 0.818. The Labute approximate surface area is 101 Å². The second kappa shape index (κ2) is 4.81. The summed E-state index contributed by atoms with van der Waals surface area (Å²) in [6.07, 6.45) is 0. The quantitative estimate of drug-likeness (QED) is 0.844. The maximum atomic E-state index is 12.1. The summed E-state index contributed by atoms with van der Waals surface area (Å²) in [5.41, 5.74) is -0.696. The summed E-state index contributed by atoms with van der Waals surface area (Å²) < 4.78 is 2.54. The van der Waals surface area contributed by atoms with E-state index in [-0.39, 0.29) is 29.5 Å². The first kappa shape index (κ1) is 13.6. The number of rotatable bonds is 4. The zero-order valence-electron chi connectivity index (χ0n) is 11.4. The molecule has 0 unspecified atom stereocenters. The smallest absolute Gasteiger partial charge is 0.299 e. The highest BCUT2D eigenvalue weighted by molar-refractivity contribution is 4.94. The molecule has 0 radical (unpaired) electrons. The summed E-state index contributed by atoms with van der Waals surface area (Å²) >= 11 is 0. The van der Waals surface area contributed by atoms with E-state index in [0.717, 1.165) is 0 Å². The molecule has 1 aromatic rings. The summed E-state index contributed by atoms with van der Waals surface area (Å²) in [6, 6.07) is 0.103. The lowest BCUT2D eigenvalue weighted by molar-refractivity contribution is 0.433. The molecule has 6 nitrogen and oxygen atoms in total. The molecule has 0 spiro atoms. The van der Waals surface area contributed by atoms with Gasteiger partial charge in [-0.05, 0) is 41.5 Å². The van der Waals surface area contributed by atoms with Crippen LogP contribution in [0.15, 0.2) is 9.59 Å². The summed E-state index contributed by atoms with van der Waals surface area (Å²) in [4.78, 5) is 24.0. The number of aromatic nitrogens is 3. The van der Waals surface area contributed by atoms with Crippen LogP contribution in [0.5, 0.6) is 0 Å². The summed E-state index contributed by atoms with van der Waals surface area (Å²) in [5, 5.41) is 4.35. The highest BCUT2D eigenvalue weighted by Crippen LogP contribution is 2.01. The van der Waals surface area contributed by atoms with E-state index in [2.05, 4.69) is 5.10 Å². The Hall–Kier alpha value is -1.46. The van der Waals surface area contributed by atoms with E-state index in [4.69, 9.17) is 0 Å². The van der Waals surface area contributed by atoms with Crippen LogP contribution in [0.3, 0.4) is 0 Å². The lowest BCUT2D eigenvalue weighted by Gasteiger charge is -2.31. The Morgan fingerprint density at radius 2 is 1.47 bits per heavy atom. The Balaban J connectivity index is 3.40. The standard InChI is InChI=1S/C11H22N4O2/c1-7(2)13-11(17)15(10(16)12-13)14(8(3)4)9(5)6/h7-9H,1-6H3,(H,12,16). The lowest BCUT2D eigenvalue weighted by Crippen LogP contribution is -2.54. The van der Waals surface area contributed by atoms with Gasteiger partial charge < -0.3 is 0 Å². The normalized spacial score (nSPS) is 11.8. The van der Waals surface area contributed by atoms with Crippen LogP contribution < -0.4 is 16.4 Å². The third kappa shape index (κ3) is 2.45. The van der Waals surface area contributed by atoms with E-state index in [1.54, 1.807) is 5.01 Å². The zero-order valence-corrected chi connectivity index (χ0v) is 11.4. The average molecular weight is 242 g/mol. The molecule has 0 aromatic carbocycles. The van der Waals surface area contributed by atoms with E-state index in [0.29, 0.717) is 0 Å². The highest BCUT2D eigenvalue weighted by Gasteiger charge is 2.21. The third-order valence-corrected chi connectivity index (χ3v) is 2.60. The van der Waals surface area contributed by atoms with Crippen LogP contribution >= 0.6 is 0 Å². The minimum absolute atomic E-state index is 0.0578. The fourth-order valence-electron chi connectivity index (χ4n) is 2.00. The molecule has 0 bridgehead atoms. The molecule has 17 heavy (non-hydrogen) atoms. The van der Waals surface area contributed by atoms with E-state index < -0.39 is 0 Å². The van der Waals surface area contributed by atoms with Gasteiger partial charge in [0.15, 0.2) is 0 Å². The number of nitrogens with one attached hydrogen (secondary N) is 1. The van der Waals surface area contributed by atoms with Crippen LogP contribution in [0, 0.1) is 0 Å². The van der Waals surface area contributed by atoms with Crippen molar-refractivity contribution in [3.05, 3.63) is 21.0 Å². The first-order valence-electron chi connectivity index (χ1n) is 5.99. The Kier molecular flexibility index (Phi) is 3.85. The molecule has 1 aromatic heterocycles. The number of H-pyrrole nitrogens is 1. The van der Waals surface area contributed by atoms with Crippen LogP contribution in [0.2, 0.25) is 0 Å². The van der Waals surface area contributed by atoms with Crippen molar-refractivity contribution in [3.63, 3.8) is 0 Å². The van der Waals surface area contributed by atoms with Crippen molar-refractivity contribution in [1.29, 1.82) is 0 Å². The molecular weight excluding hydrogens is 220 g/mol. The summed E-state index contributed by atoms with van der Waals surface area (Å²) in [5.74, 6) is 0. The molecule has 1 N–H and O–H groups in total. The minimum atomic E-state index is -0.383. The summed E-state index contributed by atoms with van der Waals surface area (Å²) in [7, 11) is 0. The van der Waals surface area contributed by atoms with Crippen molar-refractivity contribution in [1.82, 2.24) is 14.5 Å². The maximum absolute atomic E-state index is 12.1. The molecule has 0 fully saturated rings. The van der Waals surface area contributed by atoms with Crippen LogP contribution in [0.25, 0.3) is 0 Å². The van der Waals surface area contributed by atoms with Gasteiger partial charge in [0.25, 0.3) is 0 Å². The second-order valence-corrected chi connectivity index (χ2v) is 5.04. The zero-order chi connectivity index (χ0) is 13.3. The molecular formula is C11H22N4O2. The number of hydrogen-bond acceptors (Lipinski definition) is 3. The lowest BCUT2D eigenvalue weighted by atomic mass is 10.3. The van der Waals surface area contributed by atoms with Crippen LogP contribution in [0.4, 0.5) is 0 Å². The first-order chi connectivity index (χ1) is 7.77. The van der Waals surface area contributed by atoms with Gasteiger partial charge >= 0.3 is 11.4 Å². The third-order valence-electron chi connectivity index (χ3n) is 2.60. The molecule has 0 aliphatic rings. The molecule has 0 atom stereocenters. The van der Waals surface area contributed by atoms with Crippen molar-refractivity contribution >= 4 is 0 Å². The second-order valence-electron chi connectivity index (χ2n) is 5.04. The predicted molar refractivity (Wildman–Crippen MR) is 68.2 cm³/mol. The van der Waals surface area contributed by atoms with E-state index >= 15 is 0 Å². The van der Waals surface area contributed by atoms with Crippen molar-refractivity contribution in [2.45, 2.75) is 59.7 Å². The largest absolute Gasteiger partial charge is 0.366 e. The minimum Gasteiger partial charge on any atom is -0.299 e. The van der Waals surface area contributed by atoms with Gasteiger partial charge in [-0.2, -0.15) is 4.68 Å². The predicted octanol–water partition coefficient (Wildman–Crippen LogP) is 0.674.